The number of ether oxygens (including phenoxy) is 8. The van der Waals surface area contributed by atoms with E-state index in [1.54, 1.807) is 18.2 Å². The molecule has 1 aromatic carbocycles. The average Bonchev–Trinajstić information content (AvgIpc) is 3.38. The number of sulfone groups is 2. The predicted molar refractivity (Wildman–Crippen MR) is 271 cm³/mol. The monoisotopic (exact) mass is 1100 g/mol. The van der Waals surface area contributed by atoms with Crippen LogP contribution in [0.4, 0.5) is 0 Å². The molecular weight excluding hydrogens is 1030 g/mol. The molecule has 2 aromatic heterocycles. The second-order valence-electron chi connectivity index (χ2n) is 16.5. The number of nitrogens with two attached hydrogens (primary N) is 1. The van der Waals surface area contributed by atoms with Crippen LogP contribution in [0.15, 0.2) is 53.3 Å². The van der Waals surface area contributed by atoms with Gasteiger partial charge in [-0.05, 0) is 55.6 Å². The second kappa shape index (κ2) is 36.7. The highest BCUT2D eigenvalue weighted by Crippen LogP contribution is 2.28. The normalized spacial score (nSPS) is 12.5. The number of carbonyl (C=O) groups excluding carboxylic acids is 4. The van der Waals surface area contributed by atoms with E-state index in [4.69, 9.17) is 43.6 Å². The third-order valence-corrected chi connectivity index (χ3v) is 11.9. The smallest absolute Gasteiger partial charge is 0.251 e. The molecule has 28 heteroatoms. The first-order chi connectivity index (χ1) is 36.0. The van der Waals surface area contributed by atoms with E-state index in [2.05, 4.69) is 41.2 Å². The summed E-state index contributed by atoms with van der Waals surface area (Å²) in [6, 6.07) is 3.61. The summed E-state index contributed by atoms with van der Waals surface area (Å²) in [6.45, 7) is 6.94. The van der Waals surface area contributed by atoms with Crippen molar-refractivity contribution in [1.82, 2.24) is 41.2 Å². The summed E-state index contributed by atoms with van der Waals surface area (Å²) in [5.74, 6) is -1.94. The number of hydrogen-bond acceptors (Lipinski definition) is 22. The number of nitrogens with one attached hydrogen (secondary N) is 4. The van der Waals surface area contributed by atoms with Gasteiger partial charge in [0.15, 0.2) is 0 Å². The van der Waals surface area contributed by atoms with Gasteiger partial charge in [0, 0.05) is 73.0 Å². The van der Waals surface area contributed by atoms with Gasteiger partial charge in [-0.15, -0.1) is 0 Å². The van der Waals surface area contributed by atoms with Crippen molar-refractivity contribution >= 4 is 43.3 Å². The van der Waals surface area contributed by atoms with Gasteiger partial charge in [0.25, 0.3) is 5.91 Å². The van der Waals surface area contributed by atoms with Crippen LogP contribution in [0.5, 0.6) is 0 Å². The fourth-order valence-corrected chi connectivity index (χ4v) is 7.24. The maximum absolute atomic E-state index is 13.2. The van der Waals surface area contributed by atoms with Crippen LogP contribution >= 0.6 is 0 Å². The number of nitrogens with zero attached hydrogens (tertiary/aromatic N) is 4. The van der Waals surface area contributed by atoms with Gasteiger partial charge in [-0.3, -0.25) is 19.2 Å². The van der Waals surface area contributed by atoms with E-state index in [1.807, 2.05) is 6.92 Å². The predicted octanol–water partition coefficient (Wildman–Crippen LogP) is -1.11. The van der Waals surface area contributed by atoms with Crippen LogP contribution in [0.1, 0.15) is 43.0 Å². The molecule has 0 saturated heterocycles. The fraction of sp³-hybridized carbons (Fsp3) is 0.617. The first kappa shape index (κ1) is 64.0. The van der Waals surface area contributed by atoms with E-state index in [1.165, 1.54) is 24.8 Å². The molecule has 0 spiro atoms. The van der Waals surface area contributed by atoms with Crippen LogP contribution in [-0.2, 0) is 72.0 Å². The van der Waals surface area contributed by atoms with Crippen LogP contribution in [0.25, 0.3) is 22.3 Å². The van der Waals surface area contributed by atoms with Crippen LogP contribution in [0.2, 0.25) is 0 Å². The summed E-state index contributed by atoms with van der Waals surface area (Å²) in [5, 5.41) is 19.2. The number of hydrogen-bond donors (Lipinski definition) is 6. The molecule has 26 nitrogen and oxygen atoms in total. The Hall–Kier alpha value is -5.24. The first-order valence-electron chi connectivity index (χ1n) is 24.3. The zero-order chi connectivity index (χ0) is 54.7. The van der Waals surface area contributed by atoms with Crippen molar-refractivity contribution in [2.45, 2.75) is 55.0 Å². The van der Waals surface area contributed by atoms with Crippen molar-refractivity contribution in [2.24, 2.45) is 5.73 Å². The summed E-state index contributed by atoms with van der Waals surface area (Å²) < 4.78 is 91.4. The topological polar surface area (TPSA) is 356 Å². The molecule has 2 atom stereocenters. The Morgan fingerprint density at radius 3 is 1.37 bits per heavy atom. The summed E-state index contributed by atoms with van der Waals surface area (Å²) >= 11 is 0. The fourth-order valence-electron chi connectivity index (χ4n) is 6.27. The number of aliphatic hydroxyl groups excluding tert-OH is 1. The summed E-state index contributed by atoms with van der Waals surface area (Å²) in [5.41, 5.74) is 7.58. The maximum atomic E-state index is 13.2. The Labute approximate surface area is 438 Å². The van der Waals surface area contributed by atoms with Crippen molar-refractivity contribution in [2.75, 3.05) is 144 Å². The van der Waals surface area contributed by atoms with Gasteiger partial charge in [-0.1, -0.05) is 6.42 Å². The van der Waals surface area contributed by atoms with Gasteiger partial charge in [0.05, 0.1) is 119 Å². The number of unbranched alkanes of at least 4 members (excludes halogenated alkanes) is 1. The molecule has 420 valence electrons. The van der Waals surface area contributed by atoms with E-state index in [0.29, 0.717) is 108 Å². The molecule has 0 unspecified atom stereocenters. The van der Waals surface area contributed by atoms with E-state index in [0.717, 1.165) is 31.8 Å². The molecule has 4 amide bonds. The molecule has 75 heavy (non-hydrogen) atoms. The lowest BCUT2D eigenvalue weighted by molar-refractivity contribution is -0.131. The quantitative estimate of drug-likeness (QED) is 0.0289. The van der Waals surface area contributed by atoms with Crippen molar-refractivity contribution in [1.29, 1.82) is 0 Å². The van der Waals surface area contributed by atoms with Crippen LogP contribution in [0, 0.1) is 0 Å². The van der Waals surface area contributed by atoms with Gasteiger partial charge in [-0.25, -0.2) is 36.8 Å². The van der Waals surface area contributed by atoms with Crippen LogP contribution in [-0.4, -0.2) is 222 Å². The Kier molecular flexibility index (Phi) is 31.3. The third kappa shape index (κ3) is 27.9. The van der Waals surface area contributed by atoms with Crippen molar-refractivity contribution in [3.05, 3.63) is 48.5 Å². The minimum Gasteiger partial charge on any atom is -0.394 e. The third-order valence-electron chi connectivity index (χ3n) is 10.2. The number of aliphatic hydroxyl groups is 1. The highest BCUT2D eigenvalue weighted by molar-refractivity contribution is 7.90. The molecular formula is C47H73N9O17S2. The SMILES string of the molecule is C[C@@H](CCCCN)NC(=O)[C@H](CO)NC(=O)CNC(=O)CCOCCOCCOCCOCCOCCOCCOCCOCCNC(=O)c1cc(-c2cnc(S(C)(=O)=O)nc2)cc(-c2cnc(S(C)(=O)=O)nc2)c1. The standard InChI is InChI=1S/C47H73N9O17S2/c1-35(6-4-5-8-48)55-45(61)41(34-57)56-43(59)33-50-42(58)7-10-66-12-14-68-16-18-70-20-22-72-24-25-73-23-21-71-19-17-69-15-13-67-11-9-49-44(60)38-27-36(39-29-51-46(52-30-39)74(2,62)63)26-37(28-38)40-31-53-47(54-32-40)75(3,64)65/h26-32,35,41,57H,4-25,33-34,48H2,1-3H3,(H,49,60)(H,50,58)(H,55,61)(H,56,59)/t35-,41-/m0/s1. The van der Waals surface area contributed by atoms with Gasteiger partial charge >= 0.3 is 0 Å². The molecule has 0 aliphatic heterocycles. The largest absolute Gasteiger partial charge is 0.394 e. The van der Waals surface area contributed by atoms with E-state index >= 15 is 0 Å². The Morgan fingerprint density at radius 1 is 0.560 bits per heavy atom. The summed E-state index contributed by atoms with van der Waals surface area (Å²) in [4.78, 5) is 65.6. The average molecular weight is 1100 g/mol. The number of carbonyl (C=O) groups is 4. The number of aromatic nitrogens is 4. The second-order valence-corrected chi connectivity index (χ2v) is 20.3. The summed E-state index contributed by atoms with van der Waals surface area (Å²) in [7, 11) is -7.28. The van der Waals surface area contributed by atoms with Crippen LogP contribution in [0.3, 0.4) is 0 Å². The van der Waals surface area contributed by atoms with E-state index < -0.39 is 56.0 Å². The minimum absolute atomic E-state index is 0.0271. The number of benzene rings is 1. The number of amides is 4. The molecule has 2 heterocycles. The van der Waals surface area contributed by atoms with Gasteiger partial charge < -0.3 is 70.0 Å². The Balaban J connectivity index is 1.11. The zero-order valence-corrected chi connectivity index (χ0v) is 44.5. The molecule has 0 aliphatic rings. The highest BCUT2D eigenvalue weighted by Gasteiger charge is 2.22. The zero-order valence-electron chi connectivity index (χ0n) is 42.8. The first-order valence-corrected chi connectivity index (χ1v) is 28.1. The number of rotatable bonds is 42. The Bertz CT molecular complexity index is 2280. The van der Waals surface area contributed by atoms with E-state index in [9.17, 15) is 41.1 Å². The van der Waals surface area contributed by atoms with Crippen molar-refractivity contribution < 1.29 is 79.0 Å². The Morgan fingerprint density at radius 2 is 0.973 bits per heavy atom. The molecule has 0 saturated carbocycles. The molecule has 0 radical (unpaired) electrons. The maximum Gasteiger partial charge on any atom is 0.251 e. The highest BCUT2D eigenvalue weighted by atomic mass is 32.2. The van der Waals surface area contributed by atoms with Gasteiger partial charge in [0.1, 0.15) is 6.04 Å². The van der Waals surface area contributed by atoms with Crippen molar-refractivity contribution in [3.8, 4) is 22.3 Å². The summed E-state index contributed by atoms with van der Waals surface area (Å²) in [6.07, 6.45) is 9.74. The lowest BCUT2D eigenvalue weighted by Crippen LogP contribution is -2.52. The molecule has 0 bridgehead atoms. The molecule has 0 fully saturated rings. The molecule has 0 aliphatic carbocycles. The lowest BCUT2D eigenvalue weighted by atomic mass is 9.98. The lowest BCUT2D eigenvalue weighted by Gasteiger charge is -2.20. The van der Waals surface area contributed by atoms with Gasteiger partial charge in [-0.2, -0.15) is 0 Å². The molecule has 3 rings (SSSR count). The molecule has 3 aromatic rings. The minimum atomic E-state index is -3.64. The van der Waals surface area contributed by atoms with Gasteiger partial charge in [0.2, 0.25) is 47.7 Å². The molecule has 7 N–H and O–H groups in total. The van der Waals surface area contributed by atoms with E-state index in [-0.39, 0.29) is 67.9 Å². The van der Waals surface area contributed by atoms with Crippen LogP contribution < -0.4 is 27.0 Å². The van der Waals surface area contributed by atoms with Crippen molar-refractivity contribution in [3.63, 3.8) is 0 Å².